The number of aromatic amines is 1. The van der Waals surface area contributed by atoms with E-state index in [1.165, 1.54) is 0 Å². The van der Waals surface area contributed by atoms with Crippen molar-refractivity contribution in [1.82, 2.24) is 9.97 Å². The molecule has 5 heteroatoms. The minimum absolute atomic E-state index is 0.547. The van der Waals surface area contributed by atoms with Gasteiger partial charge >= 0.3 is 0 Å². The maximum atomic E-state index is 5.53. The lowest BCUT2D eigenvalue weighted by atomic mass is 10.3. The van der Waals surface area contributed by atoms with E-state index in [9.17, 15) is 0 Å². The van der Waals surface area contributed by atoms with Crippen LogP contribution in [-0.2, 0) is 11.2 Å². The van der Waals surface area contributed by atoms with Gasteiger partial charge in [0.2, 0.25) is 0 Å². The van der Waals surface area contributed by atoms with Crippen molar-refractivity contribution < 1.29 is 9.47 Å². The van der Waals surface area contributed by atoms with Crippen LogP contribution in [0.1, 0.15) is 5.82 Å². The Kier molecular flexibility index (Phi) is 3.95. The number of aromatic nitrogens is 2. The fourth-order valence-electron chi connectivity index (χ4n) is 1.63. The van der Waals surface area contributed by atoms with Crippen LogP contribution in [0.2, 0.25) is 0 Å². The van der Waals surface area contributed by atoms with Gasteiger partial charge in [-0.3, -0.25) is 0 Å². The van der Waals surface area contributed by atoms with Crippen LogP contribution in [0.3, 0.4) is 0 Å². The first-order chi connectivity index (χ1) is 8.33. The summed E-state index contributed by atoms with van der Waals surface area (Å²) in [6.07, 6.45) is 0.758. The van der Waals surface area contributed by atoms with Gasteiger partial charge in [0, 0.05) is 19.6 Å². The molecule has 0 atom stereocenters. The van der Waals surface area contributed by atoms with Gasteiger partial charge in [0.05, 0.1) is 17.6 Å². The molecule has 0 fully saturated rings. The second kappa shape index (κ2) is 5.65. The molecule has 0 bridgehead atoms. The van der Waals surface area contributed by atoms with Crippen LogP contribution in [0.25, 0.3) is 11.0 Å². The lowest BCUT2D eigenvalue weighted by Gasteiger charge is -2.04. The molecule has 1 aromatic carbocycles. The number of rotatable bonds is 6. The van der Waals surface area contributed by atoms with Crippen molar-refractivity contribution in [3.63, 3.8) is 0 Å². The Morgan fingerprint density at radius 1 is 1.35 bits per heavy atom. The van der Waals surface area contributed by atoms with Crippen LogP contribution in [0.4, 0.5) is 0 Å². The third-order valence-electron chi connectivity index (χ3n) is 2.44. The quantitative estimate of drug-likeness (QED) is 0.735. The first-order valence-corrected chi connectivity index (χ1v) is 5.64. The molecule has 0 saturated heterocycles. The van der Waals surface area contributed by atoms with Crippen molar-refractivity contribution in [2.75, 3.05) is 26.9 Å². The number of H-pyrrole nitrogens is 1. The number of nitrogens with one attached hydrogen (secondary N) is 1. The van der Waals surface area contributed by atoms with E-state index in [0.29, 0.717) is 19.8 Å². The van der Waals surface area contributed by atoms with Crippen molar-refractivity contribution >= 4 is 11.0 Å². The second-order valence-electron chi connectivity index (χ2n) is 3.74. The number of benzene rings is 1. The number of fused-ring (bicyclic) bond motifs is 1. The van der Waals surface area contributed by atoms with E-state index >= 15 is 0 Å². The Labute approximate surface area is 99.9 Å². The smallest absolute Gasteiger partial charge is 0.121 e. The first kappa shape index (κ1) is 11.9. The zero-order valence-corrected chi connectivity index (χ0v) is 9.90. The number of methoxy groups -OCH3 is 1. The summed E-state index contributed by atoms with van der Waals surface area (Å²) in [6, 6.07) is 5.79. The average molecular weight is 235 g/mol. The molecule has 2 rings (SSSR count). The van der Waals surface area contributed by atoms with Crippen molar-refractivity contribution in [2.24, 2.45) is 5.73 Å². The molecule has 0 amide bonds. The predicted octanol–water partition coefficient (Wildman–Crippen LogP) is 1.09. The highest BCUT2D eigenvalue weighted by Gasteiger charge is 2.03. The third-order valence-corrected chi connectivity index (χ3v) is 2.44. The molecule has 17 heavy (non-hydrogen) atoms. The Morgan fingerprint density at radius 2 is 2.24 bits per heavy atom. The largest absolute Gasteiger partial charge is 0.491 e. The van der Waals surface area contributed by atoms with Crippen LogP contribution >= 0.6 is 0 Å². The lowest BCUT2D eigenvalue weighted by Crippen LogP contribution is -2.04. The molecule has 0 spiro atoms. The number of imidazole rings is 1. The summed E-state index contributed by atoms with van der Waals surface area (Å²) in [5.74, 6) is 1.73. The van der Waals surface area contributed by atoms with Crippen LogP contribution in [0.5, 0.6) is 5.75 Å². The third kappa shape index (κ3) is 2.95. The minimum Gasteiger partial charge on any atom is -0.491 e. The summed E-state index contributed by atoms with van der Waals surface area (Å²) in [5.41, 5.74) is 7.41. The summed E-state index contributed by atoms with van der Waals surface area (Å²) in [7, 11) is 1.65. The monoisotopic (exact) mass is 235 g/mol. The highest BCUT2D eigenvalue weighted by Crippen LogP contribution is 2.19. The summed E-state index contributed by atoms with van der Waals surface area (Å²) >= 11 is 0. The van der Waals surface area contributed by atoms with E-state index in [1.807, 2.05) is 18.2 Å². The molecule has 0 unspecified atom stereocenters. The van der Waals surface area contributed by atoms with Gasteiger partial charge in [0.1, 0.15) is 18.2 Å². The zero-order valence-electron chi connectivity index (χ0n) is 9.90. The Morgan fingerprint density at radius 3 is 3.00 bits per heavy atom. The maximum Gasteiger partial charge on any atom is 0.121 e. The van der Waals surface area contributed by atoms with Gasteiger partial charge in [-0.25, -0.2) is 4.98 Å². The Hall–Kier alpha value is -1.59. The van der Waals surface area contributed by atoms with Crippen LogP contribution in [0, 0.1) is 0 Å². The molecule has 92 valence electrons. The maximum absolute atomic E-state index is 5.53. The second-order valence-corrected chi connectivity index (χ2v) is 3.74. The standard InChI is InChI=1S/C12H17N3O2/c1-16-6-7-17-9-2-3-10-11(8-9)15-12(14-10)4-5-13/h2-3,8H,4-7,13H2,1H3,(H,14,15). The van der Waals surface area contributed by atoms with E-state index in [0.717, 1.165) is 29.0 Å². The predicted molar refractivity (Wildman–Crippen MR) is 66.2 cm³/mol. The average Bonchev–Trinajstić information content (AvgIpc) is 2.71. The molecular weight excluding hydrogens is 218 g/mol. The fraction of sp³-hybridized carbons (Fsp3) is 0.417. The Bertz CT molecular complexity index is 482. The van der Waals surface area contributed by atoms with Gasteiger partial charge in [-0.1, -0.05) is 0 Å². The summed E-state index contributed by atoms with van der Waals surface area (Å²) < 4.78 is 10.5. The molecule has 0 radical (unpaired) electrons. The molecule has 5 nitrogen and oxygen atoms in total. The minimum atomic E-state index is 0.547. The molecule has 0 aliphatic heterocycles. The van der Waals surface area contributed by atoms with E-state index in [-0.39, 0.29) is 0 Å². The van der Waals surface area contributed by atoms with Crippen LogP contribution in [-0.4, -0.2) is 36.8 Å². The van der Waals surface area contributed by atoms with Gasteiger partial charge in [-0.15, -0.1) is 0 Å². The van der Waals surface area contributed by atoms with E-state index < -0.39 is 0 Å². The molecule has 1 heterocycles. The highest BCUT2D eigenvalue weighted by atomic mass is 16.5. The lowest BCUT2D eigenvalue weighted by molar-refractivity contribution is 0.146. The number of ether oxygens (including phenoxy) is 2. The van der Waals surface area contributed by atoms with Crippen LogP contribution in [0.15, 0.2) is 18.2 Å². The molecule has 3 N–H and O–H groups in total. The van der Waals surface area contributed by atoms with Gasteiger partial charge in [-0.2, -0.15) is 0 Å². The summed E-state index contributed by atoms with van der Waals surface area (Å²) in [4.78, 5) is 7.65. The molecule has 2 aromatic rings. The normalized spacial score (nSPS) is 10.9. The van der Waals surface area contributed by atoms with Crippen molar-refractivity contribution in [3.8, 4) is 5.75 Å². The number of hydrogen-bond acceptors (Lipinski definition) is 4. The number of nitrogens with zero attached hydrogens (tertiary/aromatic N) is 1. The molecule has 0 aliphatic rings. The fourth-order valence-corrected chi connectivity index (χ4v) is 1.63. The molecule has 0 aliphatic carbocycles. The van der Waals surface area contributed by atoms with Gasteiger partial charge < -0.3 is 20.2 Å². The van der Waals surface area contributed by atoms with E-state index in [4.69, 9.17) is 15.2 Å². The molecule has 0 saturated carbocycles. The van der Waals surface area contributed by atoms with E-state index in [2.05, 4.69) is 9.97 Å². The van der Waals surface area contributed by atoms with Gasteiger partial charge in [0.15, 0.2) is 0 Å². The number of hydrogen-bond donors (Lipinski definition) is 2. The van der Waals surface area contributed by atoms with Crippen LogP contribution < -0.4 is 10.5 Å². The molecule has 1 aromatic heterocycles. The molecular formula is C12H17N3O2. The summed E-state index contributed by atoms with van der Waals surface area (Å²) in [5, 5.41) is 0. The van der Waals surface area contributed by atoms with Crippen molar-refractivity contribution in [1.29, 1.82) is 0 Å². The number of nitrogens with two attached hydrogens (primary N) is 1. The van der Waals surface area contributed by atoms with Crippen molar-refractivity contribution in [3.05, 3.63) is 24.0 Å². The zero-order chi connectivity index (χ0) is 12.1. The van der Waals surface area contributed by atoms with Gasteiger partial charge in [0.25, 0.3) is 0 Å². The summed E-state index contributed by atoms with van der Waals surface area (Å²) in [6.45, 7) is 1.72. The SMILES string of the molecule is COCCOc1ccc2nc(CCN)[nH]c2c1. The Balaban J connectivity index is 2.12. The van der Waals surface area contributed by atoms with E-state index in [1.54, 1.807) is 7.11 Å². The van der Waals surface area contributed by atoms with Gasteiger partial charge in [-0.05, 0) is 18.7 Å². The highest BCUT2D eigenvalue weighted by molar-refractivity contribution is 5.76. The topological polar surface area (TPSA) is 73.2 Å². The van der Waals surface area contributed by atoms with Crippen molar-refractivity contribution in [2.45, 2.75) is 6.42 Å². The first-order valence-electron chi connectivity index (χ1n) is 5.64.